The van der Waals surface area contributed by atoms with E-state index in [9.17, 15) is 5.11 Å². The molecule has 0 aromatic heterocycles. The van der Waals surface area contributed by atoms with Crippen LogP contribution in [0.3, 0.4) is 0 Å². The average molecular weight is 359 g/mol. The maximum absolute atomic E-state index is 10.2. The maximum atomic E-state index is 10.2. The topological polar surface area (TPSA) is 20.2 Å². The second-order valence-electron chi connectivity index (χ2n) is 8.53. The van der Waals surface area contributed by atoms with Gasteiger partial charge in [0.25, 0.3) is 0 Å². The number of para-hydroxylation sites is 1. The van der Waals surface area contributed by atoms with E-state index in [0.29, 0.717) is 5.75 Å². The standard InChI is InChI=1S/C21H30OSSi/c1-20(2,3)24(21(4,5)6,17-12-8-7-9-13-17)16-23-19-15-11-10-14-18(19)22/h7-15,22H,16H2,1-6H3. The SMILES string of the molecule is CC(C)(C)[Si](CSc1ccccc1O)(c1ccccc1)C(C)(C)C. The summed E-state index contributed by atoms with van der Waals surface area (Å²) in [7, 11) is -1.93. The van der Waals surface area contributed by atoms with Crippen molar-refractivity contribution < 1.29 is 5.11 Å². The van der Waals surface area contributed by atoms with E-state index in [1.165, 1.54) is 5.19 Å². The molecule has 130 valence electrons. The quantitative estimate of drug-likeness (QED) is 0.536. The highest BCUT2D eigenvalue weighted by molar-refractivity contribution is 8.01. The molecule has 0 heterocycles. The Labute approximate surface area is 152 Å². The minimum absolute atomic E-state index is 0.212. The van der Waals surface area contributed by atoms with Crippen LogP contribution < -0.4 is 5.19 Å². The lowest BCUT2D eigenvalue weighted by Gasteiger charge is -2.52. The van der Waals surface area contributed by atoms with E-state index in [4.69, 9.17) is 0 Å². The number of benzene rings is 2. The number of rotatable bonds is 4. The lowest BCUT2D eigenvalue weighted by Crippen LogP contribution is -2.63. The van der Waals surface area contributed by atoms with E-state index in [0.717, 1.165) is 10.3 Å². The zero-order valence-corrected chi connectivity index (χ0v) is 17.6. The van der Waals surface area contributed by atoms with Crippen LogP contribution in [0.5, 0.6) is 5.75 Å². The summed E-state index contributed by atoms with van der Waals surface area (Å²) in [5.74, 6) is 0.390. The normalized spacial score (nSPS) is 13.1. The van der Waals surface area contributed by atoms with Crippen LogP contribution in [0, 0.1) is 0 Å². The van der Waals surface area contributed by atoms with Crippen LogP contribution in [0.1, 0.15) is 41.5 Å². The molecular formula is C21H30OSSi. The second kappa shape index (κ2) is 6.97. The Kier molecular flexibility index (Phi) is 5.56. The minimum atomic E-state index is -1.93. The van der Waals surface area contributed by atoms with E-state index in [2.05, 4.69) is 71.9 Å². The van der Waals surface area contributed by atoms with E-state index in [1.54, 1.807) is 6.07 Å². The number of hydrogen-bond donors (Lipinski definition) is 1. The largest absolute Gasteiger partial charge is 0.507 e. The molecular weight excluding hydrogens is 328 g/mol. The predicted molar refractivity (Wildman–Crippen MR) is 110 cm³/mol. The average Bonchev–Trinajstić information content (AvgIpc) is 2.48. The molecule has 24 heavy (non-hydrogen) atoms. The number of phenols is 1. The van der Waals surface area contributed by atoms with Crippen molar-refractivity contribution in [3.63, 3.8) is 0 Å². The molecule has 0 radical (unpaired) electrons. The van der Waals surface area contributed by atoms with E-state index < -0.39 is 8.07 Å². The van der Waals surface area contributed by atoms with Gasteiger partial charge in [0.1, 0.15) is 13.8 Å². The van der Waals surface area contributed by atoms with Crippen LogP contribution in [-0.2, 0) is 0 Å². The fourth-order valence-electron chi connectivity index (χ4n) is 4.00. The molecule has 0 unspecified atom stereocenters. The highest BCUT2D eigenvalue weighted by Crippen LogP contribution is 2.52. The molecule has 0 aliphatic rings. The van der Waals surface area contributed by atoms with Gasteiger partial charge in [-0.15, -0.1) is 11.8 Å². The van der Waals surface area contributed by atoms with Crippen molar-refractivity contribution in [2.24, 2.45) is 0 Å². The lowest BCUT2D eigenvalue weighted by molar-refractivity contribution is 0.462. The molecule has 0 bridgehead atoms. The van der Waals surface area contributed by atoms with Gasteiger partial charge < -0.3 is 5.11 Å². The van der Waals surface area contributed by atoms with Gasteiger partial charge in [-0.05, 0) is 27.6 Å². The van der Waals surface area contributed by atoms with E-state index in [-0.39, 0.29) is 10.1 Å². The predicted octanol–water partition coefficient (Wildman–Crippen LogP) is 5.98. The molecule has 0 spiro atoms. The van der Waals surface area contributed by atoms with Crippen molar-refractivity contribution in [3.05, 3.63) is 54.6 Å². The maximum Gasteiger partial charge on any atom is 0.129 e. The summed E-state index contributed by atoms with van der Waals surface area (Å²) in [5.41, 5.74) is 0. The van der Waals surface area contributed by atoms with Crippen LogP contribution in [0.2, 0.25) is 10.1 Å². The van der Waals surface area contributed by atoms with Crippen LogP contribution in [0.4, 0.5) is 0 Å². The summed E-state index contributed by atoms with van der Waals surface area (Å²) in [5, 5.41) is 13.2. The molecule has 3 heteroatoms. The highest BCUT2D eigenvalue weighted by Gasteiger charge is 2.53. The van der Waals surface area contributed by atoms with Gasteiger partial charge in [-0.3, -0.25) is 0 Å². The molecule has 0 amide bonds. The monoisotopic (exact) mass is 358 g/mol. The first kappa shape index (κ1) is 19.1. The summed E-state index contributed by atoms with van der Waals surface area (Å²) < 4.78 is 0. The number of aromatic hydroxyl groups is 1. The van der Waals surface area contributed by atoms with Gasteiger partial charge >= 0.3 is 0 Å². The van der Waals surface area contributed by atoms with Gasteiger partial charge in [-0.2, -0.15) is 0 Å². The summed E-state index contributed by atoms with van der Waals surface area (Å²) in [6, 6.07) is 18.7. The molecule has 2 aromatic rings. The Morgan fingerprint density at radius 1 is 0.792 bits per heavy atom. The number of hydrogen-bond acceptors (Lipinski definition) is 2. The van der Waals surface area contributed by atoms with Gasteiger partial charge in [-0.25, -0.2) is 0 Å². The molecule has 0 saturated carbocycles. The zero-order chi connectivity index (χ0) is 18.0. The van der Waals surface area contributed by atoms with E-state index in [1.807, 2.05) is 30.0 Å². The van der Waals surface area contributed by atoms with Gasteiger partial charge in [-0.1, -0.05) is 89.2 Å². The Morgan fingerprint density at radius 3 is 1.79 bits per heavy atom. The molecule has 0 aliphatic heterocycles. The second-order valence-corrected chi connectivity index (χ2v) is 15.8. The van der Waals surface area contributed by atoms with Gasteiger partial charge in [0.05, 0.1) is 0 Å². The van der Waals surface area contributed by atoms with Gasteiger partial charge in [0.2, 0.25) is 0 Å². The molecule has 0 aliphatic carbocycles. The summed E-state index contributed by atoms with van der Waals surface area (Å²) in [6.45, 7) is 14.4. The van der Waals surface area contributed by atoms with E-state index >= 15 is 0 Å². The first-order valence-electron chi connectivity index (χ1n) is 8.56. The Morgan fingerprint density at radius 2 is 1.29 bits per heavy atom. The van der Waals surface area contributed by atoms with Gasteiger partial charge in [0, 0.05) is 4.90 Å². The summed E-state index contributed by atoms with van der Waals surface area (Å²) in [6.07, 6.45) is 0. The Hall–Kier alpha value is -1.19. The number of phenolic OH excluding ortho intramolecular Hbond substituents is 1. The van der Waals surface area contributed by atoms with Crippen LogP contribution in [-0.4, -0.2) is 18.6 Å². The molecule has 1 nitrogen and oxygen atoms in total. The fourth-order valence-corrected chi connectivity index (χ4v) is 14.7. The minimum Gasteiger partial charge on any atom is -0.507 e. The smallest absolute Gasteiger partial charge is 0.129 e. The van der Waals surface area contributed by atoms with Crippen molar-refractivity contribution >= 4 is 25.0 Å². The fraction of sp³-hybridized carbons (Fsp3) is 0.429. The zero-order valence-electron chi connectivity index (χ0n) is 15.8. The van der Waals surface area contributed by atoms with Crippen LogP contribution in [0.15, 0.2) is 59.5 Å². The molecule has 2 aromatic carbocycles. The first-order chi connectivity index (χ1) is 11.1. The van der Waals surface area contributed by atoms with Crippen molar-refractivity contribution in [2.75, 3.05) is 5.38 Å². The Bertz CT molecular complexity index is 654. The lowest BCUT2D eigenvalue weighted by atomic mass is 10.2. The molecule has 0 fully saturated rings. The van der Waals surface area contributed by atoms with Crippen molar-refractivity contribution in [3.8, 4) is 5.75 Å². The third kappa shape index (κ3) is 3.57. The van der Waals surface area contributed by atoms with Crippen LogP contribution in [0.25, 0.3) is 0 Å². The number of thioether (sulfide) groups is 1. The third-order valence-electron chi connectivity index (χ3n) is 5.14. The highest BCUT2D eigenvalue weighted by atomic mass is 32.2. The van der Waals surface area contributed by atoms with Crippen molar-refractivity contribution in [1.82, 2.24) is 0 Å². The van der Waals surface area contributed by atoms with Crippen molar-refractivity contribution in [2.45, 2.75) is 56.5 Å². The first-order valence-corrected chi connectivity index (χ1v) is 11.8. The molecule has 0 saturated heterocycles. The summed E-state index contributed by atoms with van der Waals surface area (Å²) >= 11 is 1.81. The van der Waals surface area contributed by atoms with Crippen LogP contribution >= 0.6 is 11.8 Å². The molecule has 0 atom stereocenters. The Balaban J connectivity index is 2.52. The van der Waals surface area contributed by atoms with Crippen molar-refractivity contribution in [1.29, 1.82) is 0 Å². The third-order valence-corrected chi connectivity index (χ3v) is 14.5. The summed E-state index contributed by atoms with van der Waals surface area (Å²) in [4.78, 5) is 0.985. The van der Waals surface area contributed by atoms with Gasteiger partial charge in [0.15, 0.2) is 0 Å². The molecule has 1 N–H and O–H groups in total. The molecule has 2 rings (SSSR count).